The molecule has 0 bridgehead atoms. The van der Waals surface area contributed by atoms with E-state index in [2.05, 4.69) is 0 Å². The summed E-state index contributed by atoms with van der Waals surface area (Å²) < 4.78 is -3.06. The second kappa shape index (κ2) is 12.5. The Morgan fingerprint density at radius 2 is 0.710 bits per heavy atom. The molecule has 2 fully saturated rings. The fourth-order valence-electron chi connectivity index (χ4n) is 2.36. The second-order valence-corrected chi connectivity index (χ2v) is 35.8. The Morgan fingerprint density at radius 1 is 0.516 bits per heavy atom. The topological polar surface area (TPSA) is 224 Å². The summed E-state index contributed by atoms with van der Waals surface area (Å²) in [6.45, 7) is 0. The molecule has 19 heteroatoms. The van der Waals surface area contributed by atoms with Crippen LogP contribution in [0.1, 0.15) is 0 Å². The summed E-state index contributed by atoms with van der Waals surface area (Å²) in [5.74, 6) is -8.79. The van der Waals surface area contributed by atoms with Crippen molar-refractivity contribution in [1.29, 1.82) is 0 Å². The van der Waals surface area contributed by atoms with Gasteiger partial charge in [-0.05, 0) is 0 Å². The fraction of sp³-hybridized carbons (Fsp3) is 0.500. The van der Waals surface area contributed by atoms with Gasteiger partial charge in [-0.25, -0.2) is 0 Å². The van der Waals surface area contributed by atoms with Crippen LogP contribution in [-0.2, 0) is 28.8 Å². The van der Waals surface area contributed by atoms with Crippen molar-refractivity contribution in [2.24, 2.45) is 0 Å². The molecular formula is C12H12NaO12S4Sb2+. The number of carboxylic acid groups (broad SMARTS) is 6. The molecule has 0 saturated carbocycles. The molecule has 0 spiro atoms. The van der Waals surface area contributed by atoms with E-state index in [1.54, 1.807) is 0 Å². The van der Waals surface area contributed by atoms with E-state index >= 15 is 0 Å². The molecule has 6 N–H and O–H groups in total. The van der Waals surface area contributed by atoms with Crippen LogP contribution in [0.3, 0.4) is 0 Å². The number of carbonyl (C=O) groups is 6. The molecule has 0 aromatic rings. The molecule has 2 rings (SSSR count). The van der Waals surface area contributed by atoms with Crippen LogP contribution in [0.2, 0.25) is 7.73 Å². The van der Waals surface area contributed by atoms with Crippen LogP contribution in [0, 0.1) is 0 Å². The van der Waals surface area contributed by atoms with E-state index in [-0.39, 0.29) is 29.6 Å². The van der Waals surface area contributed by atoms with Crippen LogP contribution < -0.4 is 29.6 Å². The molecule has 2 saturated heterocycles. The van der Waals surface area contributed by atoms with Crippen LogP contribution in [-0.4, -0.2) is 122 Å². The van der Waals surface area contributed by atoms with Gasteiger partial charge in [-0.2, -0.15) is 0 Å². The van der Waals surface area contributed by atoms with Crippen LogP contribution in [0.15, 0.2) is 0 Å². The first kappa shape index (κ1) is 29.9. The zero-order valence-electron chi connectivity index (χ0n) is 15.1. The second-order valence-electron chi connectivity index (χ2n) is 5.59. The molecule has 6 atom stereocenters. The maximum Gasteiger partial charge on any atom is 1.00 e. The summed E-state index contributed by atoms with van der Waals surface area (Å²) in [4.78, 5) is 69.6. The van der Waals surface area contributed by atoms with Gasteiger partial charge in [0.15, 0.2) is 0 Å². The van der Waals surface area contributed by atoms with Crippen molar-refractivity contribution < 1.29 is 89.0 Å². The Kier molecular flexibility index (Phi) is 12.1. The summed E-state index contributed by atoms with van der Waals surface area (Å²) in [5, 5.41) is 50.9. The first-order chi connectivity index (χ1) is 13.9. The Balaban J connectivity index is 0.00000480. The van der Waals surface area contributed by atoms with E-state index < -0.39 is 99.4 Å². The number of rotatable bonds is 9. The third-order valence-corrected chi connectivity index (χ3v) is 43.2. The molecule has 166 valence electrons. The minimum absolute atomic E-state index is 0. The van der Waals surface area contributed by atoms with Gasteiger partial charge in [-0.3, -0.25) is 0 Å². The molecule has 0 aliphatic carbocycles. The van der Waals surface area contributed by atoms with Crippen molar-refractivity contribution in [3.8, 4) is 0 Å². The third-order valence-electron chi connectivity index (χ3n) is 3.65. The van der Waals surface area contributed by atoms with Gasteiger partial charge in [-0.15, -0.1) is 0 Å². The summed E-state index contributed by atoms with van der Waals surface area (Å²) in [5.41, 5.74) is 0. The molecule has 0 amide bonds. The summed E-state index contributed by atoms with van der Waals surface area (Å²) >= 11 is -6.94. The van der Waals surface area contributed by atoms with Gasteiger partial charge in [0, 0.05) is 0 Å². The number of hydrogen-bond acceptors (Lipinski definition) is 10. The van der Waals surface area contributed by atoms with Crippen molar-refractivity contribution >= 4 is 106 Å². The average Bonchev–Trinajstić information content (AvgIpc) is 3.23. The maximum absolute atomic E-state index is 12.0. The first-order valence-corrected chi connectivity index (χ1v) is 26.3. The predicted octanol–water partition coefficient (Wildman–Crippen LogP) is -3.35. The minimum Gasteiger partial charge on any atom is 1.00 e. The van der Waals surface area contributed by atoms with Crippen LogP contribution in [0.5, 0.6) is 0 Å². The Bertz CT molecular complexity index is 694. The van der Waals surface area contributed by atoms with Crippen molar-refractivity contribution in [3.05, 3.63) is 0 Å². The fourth-order valence-corrected chi connectivity index (χ4v) is 59.6. The van der Waals surface area contributed by atoms with E-state index in [1.165, 1.54) is 0 Å². The van der Waals surface area contributed by atoms with Gasteiger partial charge in [0.05, 0.1) is 0 Å². The van der Waals surface area contributed by atoms with E-state index in [4.69, 9.17) is 0 Å². The molecule has 6 unspecified atom stereocenters. The van der Waals surface area contributed by atoms with Gasteiger partial charge in [-0.1, -0.05) is 0 Å². The van der Waals surface area contributed by atoms with E-state index in [0.717, 1.165) is 0 Å². The predicted molar refractivity (Wildman–Crippen MR) is 110 cm³/mol. The smallest absolute Gasteiger partial charge is 1.00 e. The average molecular weight is 743 g/mol. The third kappa shape index (κ3) is 6.94. The molecule has 2 aliphatic rings. The molecule has 31 heavy (non-hydrogen) atoms. The largest absolute Gasteiger partial charge is 1.00 e. The first-order valence-electron chi connectivity index (χ1n) is 7.49. The Hall–Kier alpha value is 0.856. The summed E-state index contributed by atoms with van der Waals surface area (Å²) in [6, 6.07) is 0. The van der Waals surface area contributed by atoms with E-state index in [1.807, 2.05) is 0 Å². The normalized spacial score (nSPS) is 28.3. The Morgan fingerprint density at radius 3 is 0.839 bits per heavy atom. The van der Waals surface area contributed by atoms with Gasteiger partial charge in [0.1, 0.15) is 0 Å². The molecule has 0 aromatic heterocycles. The number of aliphatic carboxylic acids is 6. The SMILES string of the molecule is O=C(O)C1[S][Sb]([CH](C(=O)O)[CH](C(=O)O)[Sb]2[S]C(C(=O)O)C(C(=O)O)[S]2)[S]C1C(=O)O.[Na+]. The summed E-state index contributed by atoms with van der Waals surface area (Å²) in [7, 11) is 2.84. The number of carboxylic acids is 6. The molecule has 2 aliphatic heterocycles. The van der Waals surface area contributed by atoms with Crippen molar-refractivity contribution in [3.63, 3.8) is 0 Å². The minimum atomic E-state index is -3.47. The zero-order chi connectivity index (χ0) is 22.9. The van der Waals surface area contributed by atoms with Crippen molar-refractivity contribution in [1.82, 2.24) is 0 Å². The quantitative estimate of drug-likeness (QED) is 0.127. The van der Waals surface area contributed by atoms with Gasteiger partial charge in [0.2, 0.25) is 0 Å². The maximum atomic E-state index is 12.0. The number of hydrogen-bond donors (Lipinski definition) is 6. The monoisotopic (exact) mass is 741 g/mol. The van der Waals surface area contributed by atoms with Gasteiger partial charge in [0.25, 0.3) is 0 Å². The van der Waals surface area contributed by atoms with Crippen LogP contribution in [0.4, 0.5) is 0 Å². The zero-order valence-corrected chi connectivity index (χ0v) is 25.5. The van der Waals surface area contributed by atoms with E-state index in [0.29, 0.717) is 35.4 Å². The van der Waals surface area contributed by atoms with Crippen LogP contribution >= 0.6 is 35.4 Å². The van der Waals surface area contributed by atoms with Crippen molar-refractivity contribution in [2.75, 3.05) is 0 Å². The van der Waals surface area contributed by atoms with Gasteiger partial charge < -0.3 is 0 Å². The van der Waals surface area contributed by atoms with Crippen LogP contribution in [0.25, 0.3) is 0 Å². The molecule has 0 aromatic carbocycles. The molecule has 12 nitrogen and oxygen atoms in total. The molecule has 0 radical (unpaired) electrons. The summed E-state index contributed by atoms with van der Waals surface area (Å²) in [6.07, 6.45) is 0. The van der Waals surface area contributed by atoms with Crippen molar-refractivity contribution in [2.45, 2.75) is 28.7 Å². The van der Waals surface area contributed by atoms with Gasteiger partial charge >= 0.3 is 224 Å². The molecule has 2 heterocycles. The standard InChI is InChI=1S/2C4H6O4S2.C4H4O4.Na.2Sb/c2*5-3(6)1(9)2(10)4(7)8;5-3(6)1-2-4(7)8;;;/h2*1-2,9-10H,(H,5,6)(H,7,8);1-2H,(H,5,6)(H,7,8);;;/q;;;+1;2*+2/p-4. The Labute approximate surface area is 220 Å². The van der Waals surface area contributed by atoms with E-state index in [9.17, 15) is 59.4 Å². The molecular weight excluding hydrogens is 731 g/mol.